The third-order valence-corrected chi connectivity index (χ3v) is 8.73. The molecule has 3 heterocycles. The number of quaternary nitrogens is 1. The van der Waals surface area contributed by atoms with Crippen molar-refractivity contribution >= 4 is 28.1 Å². The first-order chi connectivity index (χ1) is 18.7. The molecular weight excluding hydrogens is 486 g/mol. The molecule has 3 N–H and O–H groups in total. The zero-order valence-corrected chi connectivity index (χ0v) is 25.7. The van der Waals surface area contributed by atoms with Crippen molar-refractivity contribution < 1.29 is 5.32 Å². The van der Waals surface area contributed by atoms with Crippen molar-refractivity contribution in [2.75, 3.05) is 5.32 Å². The van der Waals surface area contributed by atoms with Crippen LogP contribution in [0.25, 0.3) is 16.7 Å². The summed E-state index contributed by atoms with van der Waals surface area (Å²) in [5, 5.41) is 8.49. The SMILES string of the molecule is CC1=CC(C)(C)[NH2+]c2ccc(/C(c3ccc4c(c3)C(C)CC(C)(C)N4)=c3\ccc4c(c3)C(C)=CC(C)(C)N=4)cc21. The number of benzene rings is 3. The Kier molecular flexibility index (Phi) is 6.05. The van der Waals surface area contributed by atoms with Gasteiger partial charge in [0.15, 0.2) is 0 Å². The van der Waals surface area contributed by atoms with Crippen molar-refractivity contribution in [2.45, 2.75) is 91.3 Å². The lowest BCUT2D eigenvalue weighted by Crippen LogP contribution is -2.90. The van der Waals surface area contributed by atoms with Gasteiger partial charge in [0.05, 0.1) is 10.9 Å². The second-order valence-electron chi connectivity index (χ2n) is 14.2. The predicted octanol–water partition coefficient (Wildman–Crippen LogP) is 6.84. The highest BCUT2D eigenvalue weighted by Gasteiger charge is 2.30. The average molecular weight is 531 g/mol. The van der Waals surface area contributed by atoms with Gasteiger partial charge in [-0.3, -0.25) is 4.99 Å². The van der Waals surface area contributed by atoms with Gasteiger partial charge in [-0.2, -0.15) is 0 Å². The lowest BCUT2D eigenvalue weighted by molar-refractivity contribution is -0.634. The molecule has 3 aromatic carbocycles. The maximum Gasteiger partial charge on any atom is 0.137 e. The maximum absolute atomic E-state index is 5.03. The fourth-order valence-electron chi connectivity index (χ4n) is 7.34. The summed E-state index contributed by atoms with van der Waals surface area (Å²) in [7, 11) is 0. The minimum atomic E-state index is -0.173. The van der Waals surface area contributed by atoms with E-state index in [1.165, 1.54) is 61.1 Å². The van der Waals surface area contributed by atoms with Crippen LogP contribution in [-0.4, -0.2) is 16.6 Å². The van der Waals surface area contributed by atoms with Gasteiger partial charge < -0.3 is 10.6 Å². The summed E-state index contributed by atoms with van der Waals surface area (Å²) in [6.45, 7) is 20.4. The fraction of sp³-hybridized carbons (Fsp3) is 0.378. The lowest BCUT2D eigenvalue weighted by Gasteiger charge is -2.38. The zero-order valence-electron chi connectivity index (χ0n) is 25.7. The first-order valence-corrected chi connectivity index (χ1v) is 14.8. The van der Waals surface area contributed by atoms with Gasteiger partial charge >= 0.3 is 0 Å². The molecule has 0 aliphatic carbocycles. The maximum atomic E-state index is 5.03. The number of nitrogens with two attached hydrogens (primary N) is 1. The Labute approximate surface area is 239 Å². The van der Waals surface area contributed by atoms with E-state index in [9.17, 15) is 0 Å². The van der Waals surface area contributed by atoms with Crippen LogP contribution in [0.2, 0.25) is 0 Å². The monoisotopic (exact) mass is 530 g/mol. The summed E-state index contributed by atoms with van der Waals surface area (Å²) in [6, 6.07) is 20.9. The van der Waals surface area contributed by atoms with E-state index >= 15 is 0 Å². The van der Waals surface area contributed by atoms with Crippen LogP contribution in [0.3, 0.4) is 0 Å². The Balaban J connectivity index is 1.61. The van der Waals surface area contributed by atoms with Crippen LogP contribution in [0, 0.1) is 0 Å². The molecule has 0 spiro atoms. The van der Waals surface area contributed by atoms with Gasteiger partial charge in [0.1, 0.15) is 11.2 Å². The quantitative estimate of drug-likeness (QED) is 0.350. The molecule has 206 valence electrons. The molecule has 0 bridgehead atoms. The normalized spacial score (nSPS) is 22.4. The van der Waals surface area contributed by atoms with E-state index in [2.05, 4.69) is 140 Å². The molecule has 1 atom stereocenters. The van der Waals surface area contributed by atoms with Crippen molar-refractivity contribution in [1.82, 2.24) is 0 Å². The molecule has 0 amide bonds. The van der Waals surface area contributed by atoms with Gasteiger partial charge in [-0.25, -0.2) is 0 Å². The summed E-state index contributed by atoms with van der Waals surface area (Å²) >= 11 is 0. The van der Waals surface area contributed by atoms with Crippen molar-refractivity contribution in [3.8, 4) is 0 Å². The van der Waals surface area contributed by atoms with E-state index in [1.807, 2.05) is 0 Å². The van der Waals surface area contributed by atoms with Gasteiger partial charge in [-0.15, -0.1) is 0 Å². The van der Waals surface area contributed by atoms with E-state index in [0.717, 1.165) is 11.8 Å². The van der Waals surface area contributed by atoms with Gasteiger partial charge in [0, 0.05) is 28.4 Å². The number of allylic oxidation sites excluding steroid dienone is 2. The summed E-state index contributed by atoms with van der Waals surface area (Å²) < 4.78 is 0. The predicted molar refractivity (Wildman–Crippen MR) is 169 cm³/mol. The molecule has 1 unspecified atom stereocenters. The largest absolute Gasteiger partial charge is 0.380 e. The summed E-state index contributed by atoms with van der Waals surface area (Å²) in [5.41, 5.74) is 13.0. The number of rotatable bonds is 2. The Morgan fingerprint density at radius 3 is 2.30 bits per heavy atom. The van der Waals surface area contributed by atoms with Crippen molar-refractivity contribution in [3.63, 3.8) is 0 Å². The van der Waals surface area contributed by atoms with Crippen molar-refractivity contribution in [2.24, 2.45) is 4.99 Å². The van der Waals surface area contributed by atoms with Gasteiger partial charge in [-0.05, 0) is 149 Å². The summed E-state index contributed by atoms with van der Waals surface area (Å²) in [4.78, 5) is 5.03. The second kappa shape index (κ2) is 9.04. The van der Waals surface area contributed by atoms with Crippen LogP contribution >= 0.6 is 0 Å². The number of anilines is 1. The molecule has 3 nitrogen and oxygen atoms in total. The summed E-state index contributed by atoms with van der Waals surface area (Å²) in [6.07, 6.45) is 5.80. The first kappa shape index (κ1) is 26.8. The Bertz CT molecular complexity index is 1730. The van der Waals surface area contributed by atoms with Crippen LogP contribution in [0.15, 0.2) is 71.7 Å². The van der Waals surface area contributed by atoms with E-state index < -0.39 is 0 Å². The Morgan fingerprint density at radius 2 is 1.52 bits per heavy atom. The molecule has 0 aromatic heterocycles. The Hall–Kier alpha value is -3.43. The molecule has 0 saturated heterocycles. The standard InChI is InChI=1S/C37H43N3/c1-22-19-35(4,5)38-31-13-10-25(16-28(22)31)34(26-11-14-32-29(17-26)23(2)20-36(6,7)39-32)27-12-15-33-30(18-27)24(3)21-37(8,9)40-33/h10-20,24,38,40H,21H2,1-9H3/p+1/b34-26-. The molecule has 3 aromatic rings. The minimum absolute atomic E-state index is 0.0696. The van der Waals surface area contributed by atoms with Crippen molar-refractivity contribution in [3.05, 3.63) is 105 Å². The van der Waals surface area contributed by atoms with E-state index in [0.29, 0.717) is 5.92 Å². The second-order valence-corrected chi connectivity index (χ2v) is 14.2. The molecule has 3 aliphatic heterocycles. The topological polar surface area (TPSA) is 41.0 Å². The fourth-order valence-corrected chi connectivity index (χ4v) is 7.34. The van der Waals surface area contributed by atoms with Crippen LogP contribution in [0.4, 0.5) is 11.4 Å². The molecule has 40 heavy (non-hydrogen) atoms. The molecule has 0 fully saturated rings. The number of hydrogen-bond acceptors (Lipinski definition) is 2. The number of nitrogens with zero attached hydrogens (tertiary/aromatic N) is 1. The van der Waals surface area contributed by atoms with Crippen LogP contribution in [0.5, 0.6) is 0 Å². The summed E-state index contributed by atoms with van der Waals surface area (Å²) in [5.74, 6) is 0.493. The third-order valence-electron chi connectivity index (χ3n) is 8.73. The van der Waals surface area contributed by atoms with Gasteiger partial charge in [0.2, 0.25) is 0 Å². The highest BCUT2D eigenvalue weighted by molar-refractivity contribution is 5.85. The minimum Gasteiger partial charge on any atom is -0.380 e. The van der Waals surface area contributed by atoms with E-state index in [-0.39, 0.29) is 16.6 Å². The lowest BCUT2D eigenvalue weighted by atomic mass is 9.80. The Morgan fingerprint density at radius 1 is 0.825 bits per heavy atom. The number of hydrogen-bond donors (Lipinski definition) is 2. The van der Waals surface area contributed by atoms with Crippen LogP contribution in [-0.2, 0) is 0 Å². The molecule has 3 heteroatoms. The smallest absolute Gasteiger partial charge is 0.137 e. The third kappa shape index (κ3) is 4.86. The molecule has 0 radical (unpaired) electrons. The van der Waals surface area contributed by atoms with E-state index in [1.54, 1.807) is 0 Å². The van der Waals surface area contributed by atoms with Gasteiger partial charge in [0.25, 0.3) is 0 Å². The van der Waals surface area contributed by atoms with Gasteiger partial charge in [-0.1, -0.05) is 25.1 Å². The zero-order chi connectivity index (χ0) is 28.6. The highest BCUT2D eigenvalue weighted by atomic mass is 15.0. The molecular formula is C37H44N3+. The molecule has 3 aliphatic rings. The molecule has 0 saturated carbocycles. The van der Waals surface area contributed by atoms with Crippen LogP contribution < -0.4 is 21.2 Å². The average Bonchev–Trinajstić information content (AvgIpc) is 2.83. The number of fused-ring (bicyclic) bond motifs is 3. The first-order valence-electron chi connectivity index (χ1n) is 14.8. The molecule has 6 rings (SSSR count). The highest BCUT2D eigenvalue weighted by Crippen LogP contribution is 2.40. The van der Waals surface area contributed by atoms with Crippen molar-refractivity contribution in [1.29, 1.82) is 0 Å². The number of nitrogens with one attached hydrogen (secondary N) is 1. The van der Waals surface area contributed by atoms with E-state index in [4.69, 9.17) is 4.99 Å². The van der Waals surface area contributed by atoms with Crippen LogP contribution in [0.1, 0.15) is 102 Å².